The first-order valence-electron chi connectivity index (χ1n) is 6.22. The maximum atomic E-state index is 13.2. The molecule has 2 aromatic rings. The van der Waals surface area contributed by atoms with Crippen molar-refractivity contribution in [1.29, 1.82) is 0 Å². The first kappa shape index (κ1) is 13.5. The fourth-order valence-corrected chi connectivity index (χ4v) is 1.72. The van der Waals surface area contributed by atoms with E-state index in [1.54, 1.807) is 6.07 Å². The van der Waals surface area contributed by atoms with E-state index in [1.165, 1.54) is 12.1 Å². The lowest BCUT2D eigenvalue weighted by atomic mass is 10.2. The number of aromatic nitrogens is 2. The van der Waals surface area contributed by atoms with Gasteiger partial charge in [0.25, 0.3) is 0 Å². The van der Waals surface area contributed by atoms with Crippen molar-refractivity contribution in [2.24, 2.45) is 5.73 Å². The van der Waals surface area contributed by atoms with Crippen molar-refractivity contribution in [2.45, 2.75) is 25.7 Å². The maximum absolute atomic E-state index is 13.2. The summed E-state index contributed by atoms with van der Waals surface area (Å²) in [6.07, 6.45) is 3.61. The van der Waals surface area contributed by atoms with Crippen molar-refractivity contribution in [2.75, 3.05) is 6.54 Å². The van der Waals surface area contributed by atoms with Crippen molar-refractivity contribution in [3.63, 3.8) is 0 Å². The third kappa shape index (κ3) is 3.51. The quantitative estimate of drug-likeness (QED) is 0.782. The van der Waals surface area contributed by atoms with Crippen LogP contribution < -0.4 is 5.73 Å². The summed E-state index contributed by atoms with van der Waals surface area (Å²) in [6, 6.07) is 3.99. The van der Waals surface area contributed by atoms with Crippen LogP contribution in [-0.4, -0.2) is 21.8 Å². The van der Waals surface area contributed by atoms with E-state index in [-0.39, 0.29) is 0 Å². The average Bonchev–Trinajstić information content (AvgIpc) is 2.87. The summed E-state index contributed by atoms with van der Waals surface area (Å²) >= 11 is 0. The van der Waals surface area contributed by atoms with Crippen LogP contribution in [0.25, 0.3) is 11.4 Å². The number of rotatable bonds is 6. The maximum Gasteiger partial charge on any atom is 0.226 e. The van der Waals surface area contributed by atoms with Crippen LogP contribution in [0.1, 0.15) is 25.2 Å². The van der Waals surface area contributed by atoms with E-state index in [1.807, 2.05) is 0 Å². The Morgan fingerprint density at radius 1 is 1.26 bits per heavy atom. The Hall–Kier alpha value is -1.95. The number of aryl methyl sites for hydroxylation is 1. The first-order valence-corrected chi connectivity index (χ1v) is 6.22. The highest BCUT2D eigenvalue weighted by molar-refractivity contribution is 5.55. The van der Waals surface area contributed by atoms with Gasteiger partial charge >= 0.3 is 0 Å². The highest BCUT2D eigenvalue weighted by Crippen LogP contribution is 2.22. The molecule has 0 spiro atoms. The molecule has 5 nitrogen and oxygen atoms in total. The molecule has 1 aromatic carbocycles. The number of nitrogens with two attached hydrogens (primary N) is 1. The SMILES string of the molecule is NCCCCCc1nc(-c2ccc(O)c(F)c2)no1. The average molecular weight is 265 g/mol. The smallest absolute Gasteiger partial charge is 0.226 e. The van der Waals surface area contributed by atoms with Gasteiger partial charge in [-0.2, -0.15) is 4.98 Å². The molecule has 0 aliphatic carbocycles. The van der Waals surface area contributed by atoms with E-state index in [9.17, 15) is 4.39 Å². The number of aromatic hydroxyl groups is 1. The number of hydrogen-bond acceptors (Lipinski definition) is 5. The Morgan fingerprint density at radius 2 is 2.11 bits per heavy atom. The molecule has 0 saturated heterocycles. The summed E-state index contributed by atoms with van der Waals surface area (Å²) < 4.78 is 18.3. The lowest BCUT2D eigenvalue weighted by molar-refractivity contribution is 0.374. The molecule has 0 atom stereocenters. The van der Waals surface area contributed by atoms with Crippen LogP contribution in [0, 0.1) is 5.82 Å². The van der Waals surface area contributed by atoms with Gasteiger partial charge in [-0.05, 0) is 37.6 Å². The van der Waals surface area contributed by atoms with Crippen LogP contribution in [0.4, 0.5) is 4.39 Å². The fraction of sp³-hybridized carbons (Fsp3) is 0.385. The molecule has 0 amide bonds. The largest absolute Gasteiger partial charge is 0.505 e. The summed E-state index contributed by atoms with van der Waals surface area (Å²) in [4.78, 5) is 4.19. The van der Waals surface area contributed by atoms with E-state index < -0.39 is 11.6 Å². The van der Waals surface area contributed by atoms with Gasteiger partial charge < -0.3 is 15.4 Å². The zero-order chi connectivity index (χ0) is 13.7. The summed E-state index contributed by atoms with van der Waals surface area (Å²) in [5, 5.41) is 12.9. The van der Waals surface area contributed by atoms with Gasteiger partial charge in [-0.15, -0.1) is 0 Å². The molecule has 3 N–H and O–H groups in total. The van der Waals surface area contributed by atoms with Gasteiger partial charge in [0.15, 0.2) is 11.6 Å². The second kappa shape index (κ2) is 6.29. The number of nitrogens with zero attached hydrogens (tertiary/aromatic N) is 2. The number of benzene rings is 1. The molecule has 0 radical (unpaired) electrons. The standard InChI is InChI=1S/C13H16FN3O2/c14-10-8-9(5-6-11(10)18)13-16-12(19-17-13)4-2-1-3-7-15/h5-6,8,18H,1-4,7,15H2. The minimum absolute atomic E-state index is 0.327. The number of hydrogen-bond donors (Lipinski definition) is 2. The molecule has 0 fully saturated rings. The molecule has 1 aromatic heterocycles. The van der Waals surface area contributed by atoms with Crippen molar-refractivity contribution in [1.82, 2.24) is 10.1 Å². The Morgan fingerprint density at radius 3 is 2.84 bits per heavy atom. The predicted octanol–water partition coefficient (Wildman–Crippen LogP) is 2.25. The molecule has 0 saturated carbocycles. The van der Waals surface area contributed by atoms with E-state index in [0.29, 0.717) is 30.2 Å². The molecular weight excluding hydrogens is 249 g/mol. The van der Waals surface area contributed by atoms with Gasteiger partial charge in [-0.3, -0.25) is 0 Å². The van der Waals surface area contributed by atoms with Crippen LogP contribution in [0.15, 0.2) is 22.7 Å². The second-order valence-electron chi connectivity index (χ2n) is 4.28. The van der Waals surface area contributed by atoms with Crippen molar-refractivity contribution in [3.05, 3.63) is 29.9 Å². The Labute approximate surface area is 110 Å². The van der Waals surface area contributed by atoms with Crippen LogP contribution in [-0.2, 0) is 6.42 Å². The van der Waals surface area contributed by atoms with E-state index >= 15 is 0 Å². The lowest BCUT2D eigenvalue weighted by Crippen LogP contribution is -1.98. The number of unbranched alkanes of at least 4 members (excludes halogenated alkanes) is 2. The zero-order valence-corrected chi connectivity index (χ0v) is 10.5. The molecule has 2 rings (SSSR count). The van der Waals surface area contributed by atoms with Crippen LogP contribution in [0.5, 0.6) is 5.75 Å². The van der Waals surface area contributed by atoms with Crippen molar-refractivity contribution >= 4 is 0 Å². The van der Waals surface area contributed by atoms with Gasteiger partial charge in [0.2, 0.25) is 11.7 Å². The Bertz CT molecular complexity index is 542. The van der Waals surface area contributed by atoms with Gasteiger partial charge in [0, 0.05) is 12.0 Å². The minimum atomic E-state index is -0.702. The monoisotopic (exact) mass is 265 g/mol. The van der Waals surface area contributed by atoms with Crippen LogP contribution >= 0.6 is 0 Å². The van der Waals surface area contributed by atoms with Crippen molar-refractivity contribution in [3.8, 4) is 17.1 Å². The zero-order valence-electron chi connectivity index (χ0n) is 10.5. The number of phenols is 1. The Balaban J connectivity index is 2.01. The molecular formula is C13H16FN3O2. The highest BCUT2D eigenvalue weighted by atomic mass is 19.1. The van der Waals surface area contributed by atoms with Crippen LogP contribution in [0.3, 0.4) is 0 Å². The summed E-state index contributed by atoms with van der Waals surface area (Å²) in [5.74, 6) is -0.241. The summed E-state index contributed by atoms with van der Waals surface area (Å²) in [5.41, 5.74) is 5.89. The van der Waals surface area contributed by atoms with E-state index in [0.717, 1.165) is 19.3 Å². The summed E-state index contributed by atoms with van der Waals surface area (Å²) in [7, 11) is 0. The topological polar surface area (TPSA) is 85.2 Å². The second-order valence-corrected chi connectivity index (χ2v) is 4.28. The van der Waals surface area contributed by atoms with Crippen LogP contribution in [0.2, 0.25) is 0 Å². The molecule has 19 heavy (non-hydrogen) atoms. The predicted molar refractivity (Wildman–Crippen MR) is 68.0 cm³/mol. The molecule has 0 aliphatic heterocycles. The molecule has 0 aliphatic rings. The Kier molecular flexibility index (Phi) is 4.46. The normalized spacial score (nSPS) is 10.8. The van der Waals surface area contributed by atoms with Gasteiger partial charge in [0.1, 0.15) is 0 Å². The summed E-state index contributed by atoms with van der Waals surface area (Å²) in [6.45, 7) is 0.682. The molecule has 6 heteroatoms. The van der Waals surface area contributed by atoms with E-state index in [4.69, 9.17) is 15.4 Å². The fourth-order valence-electron chi connectivity index (χ4n) is 1.72. The van der Waals surface area contributed by atoms with Gasteiger partial charge in [-0.25, -0.2) is 4.39 Å². The van der Waals surface area contributed by atoms with E-state index in [2.05, 4.69) is 10.1 Å². The highest BCUT2D eigenvalue weighted by Gasteiger charge is 2.10. The molecule has 0 bridgehead atoms. The van der Waals surface area contributed by atoms with Gasteiger partial charge in [-0.1, -0.05) is 11.6 Å². The third-order valence-corrected chi connectivity index (χ3v) is 2.77. The van der Waals surface area contributed by atoms with Crippen molar-refractivity contribution < 1.29 is 14.0 Å². The van der Waals surface area contributed by atoms with Gasteiger partial charge in [0.05, 0.1) is 0 Å². The lowest BCUT2D eigenvalue weighted by Gasteiger charge is -1.97. The number of phenolic OH excluding ortho intramolecular Hbond substituents is 1. The minimum Gasteiger partial charge on any atom is -0.505 e. The molecule has 0 unspecified atom stereocenters. The molecule has 102 valence electrons. The molecule has 1 heterocycles. The first-order chi connectivity index (χ1) is 9.20. The third-order valence-electron chi connectivity index (χ3n) is 2.77. The number of halogens is 1.